The van der Waals surface area contributed by atoms with Crippen molar-refractivity contribution >= 4 is 17.6 Å². The highest BCUT2D eigenvalue weighted by atomic mass is 16.5. The summed E-state index contributed by atoms with van der Waals surface area (Å²) in [7, 11) is 0. The molecule has 0 aliphatic carbocycles. The van der Waals surface area contributed by atoms with Crippen molar-refractivity contribution in [3.63, 3.8) is 0 Å². The van der Waals surface area contributed by atoms with Gasteiger partial charge in [0.05, 0.1) is 6.61 Å². The number of ether oxygens (including phenoxy) is 1. The van der Waals surface area contributed by atoms with Crippen molar-refractivity contribution in [1.29, 1.82) is 0 Å². The molecule has 1 unspecified atom stereocenters. The number of para-hydroxylation sites is 1. The highest BCUT2D eigenvalue weighted by Gasteiger charge is 2.31. The first-order valence-electron chi connectivity index (χ1n) is 15.5. The zero-order valence-electron chi connectivity index (χ0n) is 25.3. The van der Waals surface area contributed by atoms with Crippen LogP contribution in [0.4, 0.5) is 5.69 Å². The fraction of sp³-hybridized carbons (Fsp3) is 0.600. The number of amides is 1. The number of nitrogens with one attached hydrogen (secondary N) is 1. The Balaban J connectivity index is 1.89. The predicted octanol–water partition coefficient (Wildman–Crippen LogP) is 9.90. The topological polar surface area (TPSA) is 55.4 Å². The second kappa shape index (κ2) is 18.6. The molecule has 0 fully saturated rings. The van der Waals surface area contributed by atoms with Gasteiger partial charge in [0.2, 0.25) is 5.91 Å². The van der Waals surface area contributed by atoms with Crippen LogP contribution in [0, 0.1) is 0 Å². The van der Waals surface area contributed by atoms with Crippen LogP contribution in [0.1, 0.15) is 146 Å². The molecule has 0 spiro atoms. The second-order valence-corrected chi connectivity index (χ2v) is 11.5. The SMILES string of the molecule is CCCCCCCCCCCCCCOC(=O)C(C(=O)Nc1c(C(C)C)cccc1C(C)C)c1ccccc1. The lowest BCUT2D eigenvalue weighted by Gasteiger charge is -2.22. The fourth-order valence-corrected chi connectivity index (χ4v) is 5.13. The molecule has 0 heterocycles. The third kappa shape index (κ3) is 11.6. The fourth-order valence-electron chi connectivity index (χ4n) is 5.13. The lowest BCUT2D eigenvalue weighted by atomic mass is 9.91. The van der Waals surface area contributed by atoms with Gasteiger partial charge in [-0.05, 0) is 34.9 Å². The van der Waals surface area contributed by atoms with Crippen LogP contribution in [0.5, 0.6) is 0 Å². The molecule has 2 rings (SSSR count). The molecule has 216 valence electrons. The van der Waals surface area contributed by atoms with Gasteiger partial charge in [-0.15, -0.1) is 0 Å². The van der Waals surface area contributed by atoms with Crippen molar-refractivity contribution < 1.29 is 14.3 Å². The molecule has 0 aliphatic heterocycles. The van der Waals surface area contributed by atoms with Gasteiger partial charge in [-0.2, -0.15) is 0 Å². The number of benzene rings is 2. The van der Waals surface area contributed by atoms with E-state index in [2.05, 4.69) is 52.1 Å². The molecule has 2 aromatic rings. The molecule has 1 atom stereocenters. The van der Waals surface area contributed by atoms with Crippen LogP contribution in [0.2, 0.25) is 0 Å². The number of carbonyl (C=O) groups excluding carboxylic acids is 2. The molecule has 0 saturated heterocycles. The highest BCUT2D eigenvalue weighted by molar-refractivity contribution is 6.10. The summed E-state index contributed by atoms with van der Waals surface area (Å²) >= 11 is 0. The van der Waals surface area contributed by atoms with E-state index < -0.39 is 11.9 Å². The van der Waals surface area contributed by atoms with Gasteiger partial charge in [0.1, 0.15) is 0 Å². The second-order valence-electron chi connectivity index (χ2n) is 11.5. The molecule has 0 aliphatic rings. The van der Waals surface area contributed by atoms with Crippen LogP contribution in [0.15, 0.2) is 48.5 Å². The molecule has 1 N–H and O–H groups in total. The Bertz CT molecular complexity index is 941. The van der Waals surface area contributed by atoms with E-state index in [-0.39, 0.29) is 17.7 Å². The van der Waals surface area contributed by atoms with E-state index in [0.29, 0.717) is 12.2 Å². The van der Waals surface area contributed by atoms with Crippen molar-refractivity contribution in [3.8, 4) is 0 Å². The van der Waals surface area contributed by atoms with Crippen molar-refractivity contribution in [2.45, 2.75) is 129 Å². The minimum atomic E-state index is -0.997. The quantitative estimate of drug-likeness (QED) is 0.111. The number of esters is 1. The number of hydrogen-bond acceptors (Lipinski definition) is 3. The maximum absolute atomic E-state index is 13.6. The predicted molar refractivity (Wildman–Crippen MR) is 164 cm³/mol. The Morgan fingerprint density at radius 3 is 1.64 bits per heavy atom. The first-order chi connectivity index (χ1) is 18.9. The van der Waals surface area contributed by atoms with Crippen molar-refractivity contribution in [3.05, 3.63) is 65.2 Å². The Kier molecular flexibility index (Phi) is 15.6. The van der Waals surface area contributed by atoms with Crippen LogP contribution in [-0.2, 0) is 14.3 Å². The largest absolute Gasteiger partial charge is 0.465 e. The number of unbranched alkanes of at least 4 members (excludes halogenated alkanes) is 11. The molecule has 0 bridgehead atoms. The summed E-state index contributed by atoms with van der Waals surface area (Å²) in [6.07, 6.45) is 15.1. The lowest BCUT2D eigenvalue weighted by molar-refractivity contribution is -0.148. The average molecular weight is 536 g/mol. The molecule has 1 amide bonds. The molecular formula is C35H53NO3. The van der Waals surface area contributed by atoms with E-state index in [9.17, 15) is 9.59 Å². The number of anilines is 1. The van der Waals surface area contributed by atoms with Gasteiger partial charge >= 0.3 is 5.97 Å². The van der Waals surface area contributed by atoms with Gasteiger partial charge in [0, 0.05) is 5.69 Å². The molecule has 2 aromatic carbocycles. The zero-order chi connectivity index (χ0) is 28.5. The van der Waals surface area contributed by atoms with Crippen molar-refractivity contribution in [1.82, 2.24) is 0 Å². The van der Waals surface area contributed by atoms with E-state index in [0.717, 1.165) is 29.7 Å². The molecule has 0 aromatic heterocycles. The van der Waals surface area contributed by atoms with Gasteiger partial charge in [-0.25, -0.2) is 0 Å². The van der Waals surface area contributed by atoms with Gasteiger partial charge in [0.25, 0.3) is 0 Å². The summed E-state index contributed by atoms with van der Waals surface area (Å²) in [5, 5.41) is 3.13. The van der Waals surface area contributed by atoms with Gasteiger partial charge in [0.15, 0.2) is 5.92 Å². The van der Waals surface area contributed by atoms with Crippen LogP contribution < -0.4 is 5.32 Å². The summed E-state index contributed by atoms with van der Waals surface area (Å²) < 4.78 is 5.66. The average Bonchev–Trinajstić information content (AvgIpc) is 2.91. The Morgan fingerprint density at radius 1 is 0.667 bits per heavy atom. The zero-order valence-corrected chi connectivity index (χ0v) is 25.3. The first kappa shape index (κ1) is 32.6. The van der Waals surface area contributed by atoms with Crippen molar-refractivity contribution in [2.24, 2.45) is 0 Å². The molecule has 4 nitrogen and oxygen atoms in total. The molecular weight excluding hydrogens is 482 g/mol. The van der Waals surface area contributed by atoms with Crippen LogP contribution in [0.3, 0.4) is 0 Å². The standard InChI is InChI=1S/C35H53NO3/c1-6-7-8-9-10-11-12-13-14-15-16-20-26-39-35(38)32(29-22-18-17-19-23-29)34(37)36-33-30(27(2)3)24-21-25-31(33)28(4)5/h17-19,21-25,27-28,32H,6-16,20,26H2,1-5H3,(H,36,37). The van der Waals surface area contributed by atoms with Crippen LogP contribution >= 0.6 is 0 Å². The smallest absolute Gasteiger partial charge is 0.323 e. The van der Waals surface area contributed by atoms with Crippen LogP contribution in [-0.4, -0.2) is 18.5 Å². The van der Waals surface area contributed by atoms with E-state index >= 15 is 0 Å². The van der Waals surface area contributed by atoms with Gasteiger partial charge in [-0.1, -0.05) is 154 Å². The van der Waals surface area contributed by atoms with Crippen LogP contribution in [0.25, 0.3) is 0 Å². The summed E-state index contributed by atoms with van der Waals surface area (Å²) in [6, 6.07) is 15.4. The van der Waals surface area contributed by atoms with E-state index in [1.54, 1.807) is 0 Å². The normalized spacial score (nSPS) is 12.1. The molecule has 39 heavy (non-hydrogen) atoms. The maximum atomic E-state index is 13.6. The van der Waals surface area contributed by atoms with Crippen molar-refractivity contribution in [2.75, 3.05) is 11.9 Å². The lowest BCUT2D eigenvalue weighted by Crippen LogP contribution is -2.30. The summed E-state index contributed by atoms with van der Waals surface area (Å²) in [5.74, 6) is -1.33. The number of rotatable bonds is 19. The molecule has 4 heteroatoms. The number of hydrogen-bond donors (Lipinski definition) is 1. The molecule has 0 radical (unpaired) electrons. The Morgan fingerprint density at radius 2 is 1.15 bits per heavy atom. The third-order valence-corrected chi connectivity index (χ3v) is 7.49. The maximum Gasteiger partial charge on any atom is 0.323 e. The number of carbonyl (C=O) groups is 2. The third-order valence-electron chi connectivity index (χ3n) is 7.49. The summed E-state index contributed by atoms with van der Waals surface area (Å²) in [5.41, 5.74) is 3.63. The monoisotopic (exact) mass is 535 g/mol. The summed E-state index contributed by atoms with van der Waals surface area (Å²) in [6.45, 7) is 11.1. The van der Waals surface area contributed by atoms with Gasteiger partial charge < -0.3 is 10.1 Å². The first-order valence-corrected chi connectivity index (χ1v) is 15.5. The summed E-state index contributed by atoms with van der Waals surface area (Å²) in [4.78, 5) is 26.9. The molecule has 0 saturated carbocycles. The highest BCUT2D eigenvalue weighted by Crippen LogP contribution is 2.33. The Hall–Kier alpha value is -2.62. The van der Waals surface area contributed by atoms with E-state index in [1.165, 1.54) is 64.2 Å². The van der Waals surface area contributed by atoms with Gasteiger partial charge in [-0.3, -0.25) is 9.59 Å². The minimum absolute atomic E-state index is 0.243. The minimum Gasteiger partial charge on any atom is -0.465 e. The van der Waals surface area contributed by atoms with E-state index in [4.69, 9.17) is 4.74 Å². The Labute approximate surface area is 238 Å². The van der Waals surface area contributed by atoms with E-state index in [1.807, 2.05) is 36.4 Å².